The van der Waals surface area contributed by atoms with Crippen LogP contribution < -0.4 is 4.74 Å². The molecule has 2 aromatic rings. The minimum absolute atomic E-state index is 0.900. The highest BCUT2D eigenvalue weighted by molar-refractivity contribution is 7.15. The maximum atomic E-state index is 5.20. The number of aryl methyl sites for hydroxylation is 1. The van der Waals surface area contributed by atoms with Crippen LogP contribution in [-0.4, -0.2) is 12.1 Å². The maximum absolute atomic E-state index is 5.20. The fraction of sp³-hybridized carbons (Fsp3) is 0.550. The summed E-state index contributed by atoms with van der Waals surface area (Å²) < 4.78 is 5.20. The first-order valence-corrected chi connectivity index (χ1v) is 9.74. The third-order valence-electron chi connectivity index (χ3n) is 4.17. The van der Waals surface area contributed by atoms with E-state index in [1.807, 2.05) is 29.7 Å². The minimum Gasteiger partial charge on any atom is -0.497 e. The first-order valence-electron chi connectivity index (χ1n) is 8.92. The lowest BCUT2D eigenvalue weighted by molar-refractivity contribution is 0.415. The van der Waals surface area contributed by atoms with Gasteiger partial charge in [-0.1, -0.05) is 51.9 Å². The highest BCUT2D eigenvalue weighted by atomic mass is 32.1. The maximum Gasteiger partial charge on any atom is 0.118 e. The molecule has 2 rings (SSSR count). The summed E-state index contributed by atoms with van der Waals surface area (Å²) in [6.07, 6.45) is 14.1. The SMILES string of the molecule is CCCCCCCCCCc1ncc(-c2ccc(OC)cc2)s1. The first kappa shape index (κ1) is 18.0. The molecule has 23 heavy (non-hydrogen) atoms. The van der Waals surface area contributed by atoms with Gasteiger partial charge in [0.2, 0.25) is 0 Å². The van der Waals surface area contributed by atoms with E-state index >= 15 is 0 Å². The van der Waals surface area contributed by atoms with Crippen molar-refractivity contribution in [2.24, 2.45) is 0 Å². The molecule has 3 heteroatoms. The molecular formula is C20H29NOS. The molecule has 0 N–H and O–H groups in total. The van der Waals surface area contributed by atoms with Gasteiger partial charge >= 0.3 is 0 Å². The van der Waals surface area contributed by atoms with E-state index in [0.29, 0.717) is 0 Å². The number of benzene rings is 1. The molecule has 1 aromatic heterocycles. The van der Waals surface area contributed by atoms with E-state index in [0.717, 1.165) is 12.2 Å². The van der Waals surface area contributed by atoms with Gasteiger partial charge < -0.3 is 4.74 Å². The van der Waals surface area contributed by atoms with Gasteiger partial charge in [0, 0.05) is 6.20 Å². The van der Waals surface area contributed by atoms with Crippen molar-refractivity contribution in [3.8, 4) is 16.2 Å². The molecule has 0 amide bonds. The highest BCUT2D eigenvalue weighted by Gasteiger charge is 2.05. The largest absolute Gasteiger partial charge is 0.497 e. The summed E-state index contributed by atoms with van der Waals surface area (Å²) in [6, 6.07) is 8.22. The zero-order valence-electron chi connectivity index (χ0n) is 14.5. The quantitative estimate of drug-likeness (QED) is 0.438. The topological polar surface area (TPSA) is 22.1 Å². The molecule has 0 fully saturated rings. The van der Waals surface area contributed by atoms with Crippen LogP contribution in [0.3, 0.4) is 0 Å². The van der Waals surface area contributed by atoms with Crippen molar-refractivity contribution in [1.29, 1.82) is 0 Å². The number of methoxy groups -OCH3 is 1. The standard InChI is InChI=1S/C20H29NOS/c1-3-4-5-6-7-8-9-10-11-20-21-16-19(23-20)17-12-14-18(22-2)15-13-17/h12-16H,3-11H2,1-2H3. The van der Waals surface area contributed by atoms with E-state index in [1.165, 1.54) is 66.8 Å². The highest BCUT2D eigenvalue weighted by Crippen LogP contribution is 2.28. The van der Waals surface area contributed by atoms with Crippen LogP contribution in [0.25, 0.3) is 10.4 Å². The molecular weight excluding hydrogens is 302 g/mol. The van der Waals surface area contributed by atoms with E-state index in [1.54, 1.807) is 7.11 Å². The zero-order valence-corrected chi connectivity index (χ0v) is 15.3. The zero-order chi connectivity index (χ0) is 16.3. The molecule has 0 saturated carbocycles. The number of aromatic nitrogens is 1. The molecule has 0 bridgehead atoms. The third-order valence-corrected chi connectivity index (χ3v) is 5.28. The summed E-state index contributed by atoms with van der Waals surface area (Å²) in [5.41, 5.74) is 1.23. The van der Waals surface area contributed by atoms with Gasteiger partial charge in [-0.25, -0.2) is 4.98 Å². The molecule has 0 unspecified atom stereocenters. The van der Waals surface area contributed by atoms with Gasteiger partial charge in [0.05, 0.1) is 17.0 Å². The van der Waals surface area contributed by atoms with Gasteiger partial charge in [0.15, 0.2) is 0 Å². The van der Waals surface area contributed by atoms with E-state index < -0.39 is 0 Å². The number of hydrogen-bond acceptors (Lipinski definition) is 3. The van der Waals surface area contributed by atoms with E-state index in [2.05, 4.69) is 24.0 Å². The second-order valence-corrected chi connectivity index (χ2v) is 7.19. The predicted octanol–water partition coefficient (Wildman–Crippen LogP) is 6.50. The molecule has 1 heterocycles. The van der Waals surface area contributed by atoms with Gasteiger partial charge in [0.25, 0.3) is 0 Å². The lowest BCUT2D eigenvalue weighted by Crippen LogP contribution is -1.85. The van der Waals surface area contributed by atoms with Crippen LogP contribution in [0, 0.1) is 0 Å². The molecule has 0 atom stereocenters. The van der Waals surface area contributed by atoms with Crippen molar-refractivity contribution in [3.05, 3.63) is 35.5 Å². The van der Waals surface area contributed by atoms with Crippen LogP contribution in [-0.2, 0) is 6.42 Å². The summed E-state index contributed by atoms with van der Waals surface area (Å²) in [6.45, 7) is 2.27. The molecule has 0 aliphatic carbocycles. The number of hydrogen-bond donors (Lipinski definition) is 0. The Kier molecular flexibility index (Phi) is 8.16. The van der Waals surface area contributed by atoms with Crippen LogP contribution in [0.1, 0.15) is 63.3 Å². The molecule has 0 radical (unpaired) electrons. The minimum atomic E-state index is 0.900. The molecule has 0 aliphatic rings. The van der Waals surface area contributed by atoms with Gasteiger partial charge in [-0.3, -0.25) is 0 Å². The Bertz CT molecular complexity index is 547. The summed E-state index contributed by atoms with van der Waals surface area (Å²) in [4.78, 5) is 5.83. The van der Waals surface area contributed by atoms with Crippen molar-refractivity contribution in [2.75, 3.05) is 7.11 Å². The van der Waals surface area contributed by atoms with Crippen LogP contribution in [0.5, 0.6) is 5.75 Å². The van der Waals surface area contributed by atoms with Crippen LogP contribution in [0.4, 0.5) is 0 Å². The Morgan fingerprint density at radius 3 is 2.22 bits per heavy atom. The monoisotopic (exact) mass is 331 g/mol. The summed E-state index contributed by atoms with van der Waals surface area (Å²) in [5.74, 6) is 0.900. The van der Waals surface area contributed by atoms with Crippen LogP contribution >= 0.6 is 11.3 Å². The predicted molar refractivity (Wildman–Crippen MR) is 100 cm³/mol. The van der Waals surface area contributed by atoms with E-state index in [4.69, 9.17) is 4.74 Å². The molecule has 0 aliphatic heterocycles. The lowest BCUT2D eigenvalue weighted by Gasteiger charge is -2.01. The van der Waals surface area contributed by atoms with Crippen molar-refractivity contribution in [3.63, 3.8) is 0 Å². The van der Waals surface area contributed by atoms with Crippen molar-refractivity contribution < 1.29 is 4.74 Å². The number of rotatable bonds is 11. The van der Waals surface area contributed by atoms with E-state index in [9.17, 15) is 0 Å². The Hall–Kier alpha value is -1.35. The Balaban J connectivity index is 1.68. The average molecular weight is 332 g/mol. The fourth-order valence-electron chi connectivity index (χ4n) is 2.72. The molecule has 2 nitrogen and oxygen atoms in total. The van der Waals surface area contributed by atoms with E-state index in [-0.39, 0.29) is 0 Å². The second kappa shape index (κ2) is 10.4. The van der Waals surface area contributed by atoms with Gasteiger partial charge in [-0.05, 0) is 42.7 Å². The second-order valence-electron chi connectivity index (χ2n) is 6.07. The van der Waals surface area contributed by atoms with Crippen molar-refractivity contribution in [2.45, 2.75) is 64.7 Å². The number of unbranched alkanes of at least 4 members (excludes halogenated alkanes) is 7. The molecule has 0 spiro atoms. The van der Waals surface area contributed by atoms with Gasteiger partial charge in [-0.15, -0.1) is 11.3 Å². The normalized spacial score (nSPS) is 10.9. The van der Waals surface area contributed by atoms with Crippen LogP contribution in [0.15, 0.2) is 30.5 Å². The smallest absolute Gasteiger partial charge is 0.118 e. The Labute approximate surface area is 144 Å². The lowest BCUT2D eigenvalue weighted by atomic mass is 10.1. The molecule has 1 aromatic carbocycles. The summed E-state index contributed by atoms with van der Waals surface area (Å²) >= 11 is 1.82. The Morgan fingerprint density at radius 1 is 0.913 bits per heavy atom. The fourth-order valence-corrected chi connectivity index (χ4v) is 3.69. The number of thiazole rings is 1. The van der Waals surface area contributed by atoms with Gasteiger partial charge in [-0.2, -0.15) is 0 Å². The van der Waals surface area contributed by atoms with Crippen molar-refractivity contribution >= 4 is 11.3 Å². The summed E-state index contributed by atoms with van der Waals surface area (Å²) in [5, 5.41) is 1.27. The summed E-state index contributed by atoms with van der Waals surface area (Å²) in [7, 11) is 1.70. The third kappa shape index (κ3) is 6.34. The van der Waals surface area contributed by atoms with Crippen LogP contribution in [0.2, 0.25) is 0 Å². The number of ether oxygens (including phenoxy) is 1. The first-order chi connectivity index (χ1) is 11.3. The average Bonchev–Trinajstić information content (AvgIpc) is 3.06. The Morgan fingerprint density at radius 2 is 1.57 bits per heavy atom. The van der Waals surface area contributed by atoms with Gasteiger partial charge in [0.1, 0.15) is 5.75 Å². The molecule has 126 valence electrons. The number of nitrogens with zero attached hydrogens (tertiary/aromatic N) is 1. The van der Waals surface area contributed by atoms with Crippen molar-refractivity contribution in [1.82, 2.24) is 4.98 Å². The molecule has 0 saturated heterocycles.